The number of nitrogens with one attached hydrogen (secondary N) is 1. The third-order valence-corrected chi connectivity index (χ3v) is 3.69. The van der Waals surface area contributed by atoms with Crippen LogP contribution in [0.1, 0.15) is 24.1 Å². The molecule has 2 rings (SSSR count). The van der Waals surface area contributed by atoms with Crippen LogP contribution in [0.4, 0.5) is 5.69 Å². The summed E-state index contributed by atoms with van der Waals surface area (Å²) in [5.74, 6) is 0. The van der Waals surface area contributed by atoms with Gasteiger partial charge in [0, 0.05) is 37.4 Å². The molecule has 2 aromatic carbocycles. The Bertz CT molecular complexity index is 532. The number of anilines is 1. The highest BCUT2D eigenvalue weighted by atomic mass is 35.5. The molecule has 1 N–H and O–H groups in total. The van der Waals surface area contributed by atoms with Crippen molar-refractivity contribution in [3.8, 4) is 0 Å². The lowest BCUT2D eigenvalue weighted by molar-refractivity contribution is 0.575. The van der Waals surface area contributed by atoms with Gasteiger partial charge in [0.2, 0.25) is 0 Å². The van der Waals surface area contributed by atoms with Crippen molar-refractivity contribution in [1.82, 2.24) is 5.32 Å². The minimum Gasteiger partial charge on any atom is -0.378 e. The molecule has 0 bridgehead atoms. The van der Waals surface area contributed by atoms with Crippen LogP contribution in [0, 0.1) is 0 Å². The van der Waals surface area contributed by atoms with E-state index < -0.39 is 0 Å². The van der Waals surface area contributed by atoms with Crippen molar-refractivity contribution in [2.75, 3.05) is 19.0 Å². The number of nitrogens with zero attached hydrogens (tertiary/aromatic N) is 1. The lowest BCUT2D eigenvalue weighted by Gasteiger charge is -2.16. The second-order valence-corrected chi connectivity index (χ2v) is 5.65. The van der Waals surface area contributed by atoms with Crippen molar-refractivity contribution < 1.29 is 0 Å². The molecule has 20 heavy (non-hydrogen) atoms. The van der Waals surface area contributed by atoms with Gasteiger partial charge in [-0.1, -0.05) is 35.9 Å². The molecule has 0 amide bonds. The fraction of sp³-hybridized carbons (Fsp3) is 0.294. The Morgan fingerprint density at radius 1 is 1.00 bits per heavy atom. The van der Waals surface area contributed by atoms with Crippen LogP contribution in [0.15, 0.2) is 48.5 Å². The fourth-order valence-corrected chi connectivity index (χ4v) is 2.18. The first-order valence-electron chi connectivity index (χ1n) is 6.81. The summed E-state index contributed by atoms with van der Waals surface area (Å²) in [6.45, 7) is 3.02. The van der Waals surface area contributed by atoms with E-state index in [-0.39, 0.29) is 0 Å². The monoisotopic (exact) mass is 288 g/mol. The van der Waals surface area contributed by atoms with E-state index >= 15 is 0 Å². The summed E-state index contributed by atoms with van der Waals surface area (Å²) in [5, 5.41) is 4.30. The lowest BCUT2D eigenvalue weighted by Crippen LogP contribution is -2.18. The zero-order chi connectivity index (χ0) is 14.5. The van der Waals surface area contributed by atoms with Crippen LogP contribution in [0.3, 0.4) is 0 Å². The van der Waals surface area contributed by atoms with Crippen LogP contribution in [-0.4, -0.2) is 14.1 Å². The Labute approximate surface area is 126 Å². The normalized spacial score (nSPS) is 12.2. The molecule has 106 valence electrons. The molecule has 0 saturated heterocycles. The predicted molar refractivity (Wildman–Crippen MR) is 87.5 cm³/mol. The average Bonchev–Trinajstić information content (AvgIpc) is 2.46. The van der Waals surface area contributed by atoms with Crippen molar-refractivity contribution in [3.63, 3.8) is 0 Å². The molecular weight excluding hydrogens is 268 g/mol. The number of halogens is 1. The Hall–Kier alpha value is -1.51. The quantitative estimate of drug-likeness (QED) is 0.884. The van der Waals surface area contributed by atoms with Gasteiger partial charge in [0.1, 0.15) is 0 Å². The molecule has 0 saturated carbocycles. The molecule has 0 aliphatic rings. The van der Waals surface area contributed by atoms with Gasteiger partial charge in [0.05, 0.1) is 0 Å². The SMILES string of the molecule is C[C@@H](NCc1ccc(N(C)C)cc1)c1ccc(Cl)cc1. The Morgan fingerprint density at radius 2 is 1.60 bits per heavy atom. The molecule has 0 heterocycles. The smallest absolute Gasteiger partial charge is 0.0406 e. The van der Waals surface area contributed by atoms with Crippen molar-refractivity contribution in [3.05, 3.63) is 64.7 Å². The molecule has 0 fully saturated rings. The maximum Gasteiger partial charge on any atom is 0.0406 e. The second-order valence-electron chi connectivity index (χ2n) is 5.22. The standard InChI is InChI=1S/C17H21ClN2/c1-13(15-6-8-16(18)9-7-15)19-12-14-4-10-17(11-5-14)20(2)3/h4-11,13,19H,12H2,1-3H3/t13-/m1/s1. The maximum atomic E-state index is 5.91. The van der Waals surface area contributed by atoms with Crippen molar-refractivity contribution >= 4 is 17.3 Å². The van der Waals surface area contributed by atoms with Crippen molar-refractivity contribution in [2.24, 2.45) is 0 Å². The van der Waals surface area contributed by atoms with Gasteiger partial charge >= 0.3 is 0 Å². The molecule has 0 radical (unpaired) electrons. The largest absolute Gasteiger partial charge is 0.378 e. The molecule has 2 nitrogen and oxygen atoms in total. The van der Waals surface area contributed by atoms with Crippen molar-refractivity contribution in [2.45, 2.75) is 19.5 Å². The van der Waals surface area contributed by atoms with Crippen LogP contribution in [0.2, 0.25) is 5.02 Å². The van der Waals surface area contributed by atoms with Crippen LogP contribution >= 0.6 is 11.6 Å². The van der Waals surface area contributed by atoms with Crippen LogP contribution < -0.4 is 10.2 Å². The van der Waals surface area contributed by atoms with E-state index in [4.69, 9.17) is 11.6 Å². The first kappa shape index (κ1) is 14.9. The molecule has 0 aromatic heterocycles. The minimum atomic E-state index is 0.306. The summed E-state index contributed by atoms with van der Waals surface area (Å²) in [6.07, 6.45) is 0. The van der Waals surface area contributed by atoms with E-state index in [2.05, 4.69) is 67.6 Å². The number of rotatable bonds is 5. The van der Waals surface area contributed by atoms with Gasteiger partial charge in [-0.05, 0) is 42.3 Å². The maximum absolute atomic E-state index is 5.91. The van der Waals surface area contributed by atoms with Gasteiger partial charge < -0.3 is 10.2 Å². The Kier molecular flexibility index (Phi) is 5.05. The second kappa shape index (κ2) is 6.78. The molecule has 3 heteroatoms. The Morgan fingerprint density at radius 3 is 2.15 bits per heavy atom. The first-order chi connectivity index (χ1) is 9.56. The number of hydrogen-bond donors (Lipinski definition) is 1. The van der Waals surface area contributed by atoms with E-state index in [9.17, 15) is 0 Å². The van der Waals surface area contributed by atoms with Gasteiger partial charge in [0.25, 0.3) is 0 Å². The van der Waals surface area contributed by atoms with E-state index in [0.29, 0.717) is 6.04 Å². The van der Waals surface area contributed by atoms with Gasteiger partial charge in [-0.2, -0.15) is 0 Å². The average molecular weight is 289 g/mol. The van der Waals surface area contributed by atoms with E-state index in [0.717, 1.165) is 11.6 Å². The van der Waals surface area contributed by atoms with Gasteiger partial charge in [-0.15, -0.1) is 0 Å². The predicted octanol–water partition coefficient (Wildman–Crippen LogP) is 4.26. The van der Waals surface area contributed by atoms with Crippen molar-refractivity contribution in [1.29, 1.82) is 0 Å². The topological polar surface area (TPSA) is 15.3 Å². The van der Waals surface area contributed by atoms with E-state index in [1.54, 1.807) is 0 Å². The van der Waals surface area contributed by atoms with Gasteiger partial charge in [0.15, 0.2) is 0 Å². The highest BCUT2D eigenvalue weighted by molar-refractivity contribution is 6.30. The number of benzene rings is 2. The Balaban J connectivity index is 1.92. The van der Waals surface area contributed by atoms with Gasteiger partial charge in [-0.3, -0.25) is 0 Å². The zero-order valence-electron chi connectivity index (χ0n) is 12.2. The fourth-order valence-electron chi connectivity index (χ4n) is 2.05. The number of hydrogen-bond acceptors (Lipinski definition) is 2. The van der Waals surface area contributed by atoms with E-state index in [1.807, 2.05) is 12.1 Å². The molecule has 2 aromatic rings. The summed E-state index contributed by atoms with van der Waals surface area (Å²) >= 11 is 5.91. The minimum absolute atomic E-state index is 0.306. The summed E-state index contributed by atoms with van der Waals surface area (Å²) in [7, 11) is 4.10. The molecular formula is C17H21ClN2. The summed E-state index contributed by atoms with van der Waals surface area (Å²) in [5.41, 5.74) is 3.76. The highest BCUT2D eigenvalue weighted by Crippen LogP contribution is 2.17. The third kappa shape index (κ3) is 3.99. The summed E-state index contributed by atoms with van der Waals surface area (Å²) in [6, 6.07) is 16.9. The third-order valence-electron chi connectivity index (χ3n) is 3.44. The highest BCUT2D eigenvalue weighted by Gasteiger charge is 2.04. The summed E-state index contributed by atoms with van der Waals surface area (Å²) < 4.78 is 0. The van der Waals surface area contributed by atoms with Gasteiger partial charge in [-0.25, -0.2) is 0 Å². The molecule has 0 unspecified atom stereocenters. The molecule has 0 spiro atoms. The first-order valence-corrected chi connectivity index (χ1v) is 7.19. The van der Waals surface area contributed by atoms with Crippen LogP contribution in [0.25, 0.3) is 0 Å². The van der Waals surface area contributed by atoms with E-state index in [1.165, 1.54) is 16.8 Å². The van der Waals surface area contributed by atoms with Crippen LogP contribution in [0.5, 0.6) is 0 Å². The summed E-state index contributed by atoms with van der Waals surface area (Å²) in [4.78, 5) is 2.10. The molecule has 0 aliphatic carbocycles. The zero-order valence-corrected chi connectivity index (χ0v) is 13.0. The molecule has 1 atom stereocenters. The van der Waals surface area contributed by atoms with Crippen LogP contribution in [-0.2, 0) is 6.54 Å². The molecule has 0 aliphatic heterocycles. The lowest BCUT2D eigenvalue weighted by atomic mass is 10.1.